The maximum Gasteiger partial charge on any atom is 0.164 e. The zero-order chi connectivity index (χ0) is 12.3. The van der Waals surface area contributed by atoms with Crippen molar-refractivity contribution in [3.8, 4) is 0 Å². The van der Waals surface area contributed by atoms with E-state index in [0.29, 0.717) is 17.0 Å². The van der Waals surface area contributed by atoms with E-state index in [2.05, 4.69) is 15.9 Å². The third-order valence-electron chi connectivity index (χ3n) is 2.95. The zero-order valence-electron chi connectivity index (χ0n) is 9.42. The van der Waals surface area contributed by atoms with Crippen LogP contribution in [-0.2, 0) is 4.74 Å². The largest absolute Gasteiger partial charge is 0.378 e. The Morgan fingerprint density at radius 1 is 1.53 bits per heavy atom. The van der Waals surface area contributed by atoms with Crippen molar-refractivity contribution in [2.45, 2.75) is 31.8 Å². The second-order valence-corrected chi connectivity index (χ2v) is 5.51. The van der Waals surface area contributed by atoms with Crippen LogP contribution in [0.25, 0.3) is 0 Å². The number of ether oxygens (including phenoxy) is 1. The van der Waals surface area contributed by atoms with Crippen molar-refractivity contribution in [1.82, 2.24) is 0 Å². The summed E-state index contributed by atoms with van der Waals surface area (Å²) in [6.07, 6.45) is 3.77. The molecule has 1 aliphatic heterocycles. The predicted molar refractivity (Wildman–Crippen MR) is 71.7 cm³/mol. The van der Waals surface area contributed by atoms with Gasteiger partial charge in [0.05, 0.1) is 6.10 Å². The molecule has 0 N–H and O–H groups in total. The fraction of sp³-hybridized carbons (Fsp3) is 0.462. The summed E-state index contributed by atoms with van der Waals surface area (Å²) < 4.78 is 6.31. The van der Waals surface area contributed by atoms with E-state index in [0.717, 1.165) is 30.3 Å². The van der Waals surface area contributed by atoms with Gasteiger partial charge in [-0.1, -0.05) is 27.5 Å². The number of hydrogen-bond donors (Lipinski definition) is 0. The number of benzene rings is 1. The molecule has 1 fully saturated rings. The Labute approximate surface area is 114 Å². The van der Waals surface area contributed by atoms with E-state index in [1.54, 1.807) is 12.1 Å². The van der Waals surface area contributed by atoms with Crippen molar-refractivity contribution in [3.05, 3.63) is 33.3 Å². The molecule has 1 saturated heterocycles. The SMILES string of the molecule is O=C(CCC1CCCO1)c1cc(Cl)ccc1Br. The van der Waals surface area contributed by atoms with Gasteiger partial charge in [-0.3, -0.25) is 4.79 Å². The highest BCUT2D eigenvalue weighted by atomic mass is 79.9. The summed E-state index contributed by atoms with van der Waals surface area (Å²) in [5.74, 6) is 0.120. The minimum Gasteiger partial charge on any atom is -0.378 e. The first-order valence-corrected chi connectivity index (χ1v) is 6.94. The van der Waals surface area contributed by atoms with E-state index in [1.165, 1.54) is 0 Å². The van der Waals surface area contributed by atoms with Gasteiger partial charge < -0.3 is 4.74 Å². The number of carbonyl (C=O) groups is 1. The number of ketones is 1. The molecular formula is C13H14BrClO2. The summed E-state index contributed by atoms with van der Waals surface area (Å²) in [5.41, 5.74) is 0.662. The first-order valence-electron chi connectivity index (χ1n) is 5.76. The van der Waals surface area contributed by atoms with E-state index in [9.17, 15) is 4.79 Å². The molecule has 1 aromatic rings. The van der Waals surface area contributed by atoms with E-state index in [1.807, 2.05) is 6.07 Å². The highest BCUT2D eigenvalue weighted by molar-refractivity contribution is 9.10. The van der Waals surface area contributed by atoms with Gasteiger partial charge in [0.2, 0.25) is 0 Å². The molecule has 0 bridgehead atoms. The Kier molecular flexibility index (Phi) is 4.60. The molecule has 0 amide bonds. The van der Waals surface area contributed by atoms with Crippen LogP contribution in [0.4, 0.5) is 0 Å². The number of hydrogen-bond acceptors (Lipinski definition) is 2. The van der Waals surface area contributed by atoms with Gasteiger partial charge in [0.25, 0.3) is 0 Å². The molecule has 0 radical (unpaired) electrons. The molecular weight excluding hydrogens is 303 g/mol. The molecule has 1 unspecified atom stereocenters. The van der Waals surface area contributed by atoms with Gasteiger partial charge in [0.15, 0.2) is 5.78 Å². The topological polar surface area (TPSA) is 26.3 Å². The fourth-order valence-corrected chi connectivity index (χ4v) is 2.65. The lowest BCUT2D eigenvalue weighted by atomic mass is 10.0. The lowest BCUT2D eigenvalue weighted by Gasteiger charge is -2.09. The summed E-state index contributed by atoms with van der Waals surface area (Å²) in [4.78, 5) is 12.0. The summed E-state index contributed by atoms with van der Waals surface area (Å²) in [6.45, 7) is 0.833. The van der Waals surface area contributed by atoms with Crippen LogP contribution in [0, 0.1) is 0 Å². The molecule has 0 aliphatic carbocycles. The van der Waals surface area contributed by atoms with E-state index >= 15 is 0 Å². The Morgan fingerprint density at radius 2 is 2.35 bits per heavy atom. The molecule has 92 valence electrons. The maximum atomic E-state index is 12.0. The molecule has 1 aromatic carbocycles. The quantitative estimate of drug-likeness (QED) is 0.776. The van der Waals surface area contributed by atoms with E-state index in [-0.39, 0.29) is 11.9 Å². The molecule has 0 spiro atoms. The van der Waals surface area contributed by atoms with Gasteiger partial charge in [-0.25, -0.2) is 0 Å². The lowest BCUT2D eigenvalue weighted by Crippen LogP contribution is -2.09. The second-order valence-electron chi connectivity index (χ2n) is 4.22. The van der Waals surface area contributed by atoms with E-state index in [4.69, 9.17) is 16.3 Å². The number of carbonyl (C=O) groups excluding carboxylic acids is 1. The molecule has 1 heterocycles. The van der Waals surface area contributed by atoms with Crippen LogP contribution in [0.3, 0.4) is 0 Å². The van der Waals surface area contributed by atoms with Crippen LogP contribution >= 0.6 is 27.5 Å². The van der Waals surface area contributed by atoms with Gasteiger partial charge in [-0.05, 0) is 37.5 Å². The molecule has 2 rings (SSSR count). The number of halogens is 2. The average molecular weight is 318 g/mol. The highest BCUT2D eigenvalue weighted by Crippen LogP contribution is 2.24. The van der Waals surface area contributed by atoms with Gasteiger partial charge >= 0.3 is 0 Å². The van der Waals surface area contributed by atoms with Gasteiger partial charge in [0, 0.05) is 28.1 Å². The predicted octanol–water partition coefficient (Wildman–Crippen LogP) is 4.24. The maximum absolute atomic E-state index is 12.0. The summed E-state index contributed by atoms with van der Waals surface area (Å²) in [6, 6.07) is 5.29. The van der Waals surface area contributed by atoms with Crippen molar-refractivity contribution >= 4 is 33.3 Å². The second kappa shape index (κ2) is 5.98. The third kappa shape index (κ3) is 3.54. The molecule has 17 heavy (non-hydrogen) atoms. The van der Waals surface area contributed by atoms with E-state index < -0.39 is 0 Å². The molecule has 1 aliphatic rings. The molecule has 4 heteroatoms. The van der Waals surface area contributed by atoms with Crippen LogP contribution < -0.4 is 0 Å². The summed E-state index contributed by atoms with van der Waals surface area (Å²) in [5, 5.41) is 0.591. The zero-order valence-corrected chi connectivity index (χ0v) is 11.8. The van der Waals surface area contributed by atoms with Crippen molar-refractivity contribution in [2.24, 2.45) is 0 Å². The van der Waals surface area contributed by atoms with Crippen LogP contribution in [0.1, 0.15) is 36.0 Å². The number of rotatable bonds is 4. The van der Waals surface area contributed by atoms with Crippen LogP contribution in [0.2, 0.25) is 5.02 Å². The van der Waals surface area contributed by atoms with Gasteiger partial charge in [-0.15, -0.1) is 0 Å². The van der Waals surface area contributed by atoms with Crippen molar-refractivity contribution in [1.29, 1.82) is 0 Å². The van der Waals surface area contributed by atoms with Gasteiger partial charge in [-0.2, -0.15) is 0 Å². The minimum atomic E-state index is 0.120. The van der Waals surface area contributed by atoms with Crippen LogP contribution in [0.15, 0.2) is 22.7 Å². The third-order valence-corrected chi connectivity index (χ3v) is 3.87. The Balaban J connectivity index is 1.96. The summed E-state index contributed by atoms with van der Waals surface area (Å²) >= 11 is 9.26. The molecule has 1 atom stereocenters. The molecule has 2 nitrogen and oxygen atoms in total. The summed E-state index contributed by atoms with van der Waals surface area (Å²) in [7, 11) is 0. The van der Waals surface area contributed by atoms with Crippen LogP contribution in [-0.4, -0.2) is 18.5 Å². The first kappa shape index (κ1) is 13.1. The van der Waals surface area contributed by atoms with Crippen molar-refractivity contribution in [3.63, 3.8) is 0 Å². The van der Waals surface area contributed by atoms with Crippen molar-refractivity contribution < 1.29 is 9.53 Å². The average Bonchev–Trinajstić information content (AvgIpc) is 2.82. The Bertz CT molecular complexity index is 414. The molecule has 0 aromatic heterocycles. The smallest absolute Gasteiger partial charge is 0.164 e. The van der Waals surface area contributed by atoms with Crippen molar-refractivity contribution in [2.75, 3.05) is 6.61 Å². The van der Waals surface area contributed by atoms with Crippen LogP contribution in [0.5, 0.6) is 0 Å². The fourth-order valence-electron chi connectivity index (χ4n) is 2.01. The highest BCUT2D eigenvalue weighted by Gasteiger charge is 2.18. The monoisotopic (exact) mass is 316 g/mol. The standard InChI is InChI=1S/C13H14BrClO2/c14-12-5-3-9(15)8-11(12)13(16)6-4-10-2-1-7-17-10/h3,5,8,10H,1-2,4,6-7H2. The Hall–Kier alpha value is -0.380. The normalized spacial score (nSPS) is 19.5. The minimum absolute atomic E-state index is 0.120. The molecule has 0 saturated carbocycles. The number of Topliss-reactive ketones (excluding diaryl/α,β-unsaturated/α-hetero) is 1. The Morgan fingerprint density at radius 3 is 3.06 bits per heavy atom. The van der Waals surface area contributed by atoms with Gasteiger partial charge in [0.1, 0.15) is 0 Å². The lowest BCUT2D eigenvalue weighted by molar-refractivity contribution is 0.0859. The first-order chi connectivity index (χ1) is 8.16.